The molecule has 0 radical (unpaired) electrons. The molecule has 1 atom stereocenters. The molecule has 1 aliphatic heterocycles. The molecule has 1 fully saturated rings. The highest BCUT2D eigenvalue weighted by atomic mass is 35.5. The van der Waals surface area contributed by atoms with E-state index in [1.54, 1.807) is 11.3 Å². The van der Waals surface area contributed by atoms with Gasteiger partial charge in [0.15, 0.2) is 0 Å². The van der Waals surface area contributed by atoms with Crippen LogP contribution in [0, 0.1) is 0 Å². The lowest BCUT2D eigenvalue weighted by Crippen LogP contribution is -2.31. The van der Waals surface area contributed by atoms with Gasteiger partial charge in [-0.2, -0.15) is 0 Å². The van der Waals surface area contributed by atoms with Crippen LogP contribution >= 0.6 is 34.3 Å². The Hall–Kier alpha value is -0.390. The van der Waals surface area contributed by atoms with E-state index in [0.717, 1.165) is 30.6 Å². The van der Waals surface area contributed by atoms with Crippen LogP contribution in [-0.4, -0.2) is 24.2 Å². The van der Waals surface area contributed by atoms with Crippen LogP contribution in [-0.2, 0) is 17.8 Å². The van der Waals surface area contributed by atoms with Crippen LogP contribution in [0.5, 0.6) is 0 Å². The maximum absolute atomic E-state index is 6.03. The molecule has 3 rings (SSSR count). The zero-order valence-corrected chi connectivity index (χ0v) is 13.6. The van der Waals surface area contributed by atoms with Gasteiger partial charge in [-0.05, 0) is 36.4 Å². The summed E-state index contributed by atoms with van der Waals surface area (Å²) in [6.07, 6.45) is 2.78. The third-order valence-electron chi connectivity index (χ3n) is 3.45. The highest BCUT2D eigenvalue weighted by Gasteiger charge is 2.20. The highest BCUT2D eigenvalue weighted by molar-refractivity contribution is 7.16. The quantitative estimate of drug-likeness (QED) is 0.766. The zero-order valence-electron chi connectivity index (χ0n) is 11.3. The summed E-state index contributed by atoms with van der Waals surface area (Å²) in [5.74, 6) is 0. The molecule has 0 N–H and O–H groups in total. The maximum atomic E-state index is 6.03. The molecule has 0 bridgehead atoms. The number of rotatable bonds is 6. The minimum absolute atomic E-state index is 0.394. The summed E-state index contributed by atoms with van der Waals surface area (Å²) in [5.41, 5.74) is 0. The summed E-state index contributed by atoms with van der Waals surface area (Å²) in [5, 5.41) is 2.14. The average Bonchev–Trinajstić information content (AvgIpc) is 3.13. The van der Waals surface area contributed by atoms with Crippen molar-refractivity contribution in [2.45, 2.75) is 32.0 Å². The van der Waals surface area contributed by atoms with E-state index in [1.165, 1.54) is 22.6 Å². The van der Waals surface area contributed by atoms with Gasteiger partial charge in [0.2, 0.25) is 0 Å². The molecule has 0 amide bonds. The predicted molar refractivity (Wildman–Crippen MR) is 86.7 cm³/mol. The number of hydrogen-bond acceptors (Lipinski definition) is 4. The van der Waals surface area contributed by atoms with Crippen molar-refractivity contribution in [1.29, 1.82) is 0 Å². The van der Waals surface area contributed by atoms with Gasteiger partial charge < -0.3 is 4.74 Å². The Labute approximate surface area is 132 Å². The SMILES string of the molecule is Clc1ccc(CN(Cc2cccs2)CC2CCCO2)s1. The van der Waals surface area contributed by atoms with Gasteiger partial charge in [0, 0.05) is 36.0 Å². The number of nitrogens with zero attached hydrogens (tertiary/aromatic N) is 1. The van der Waals surface area contributed by atoms with Crippen molar-refractivity contribution in [3.8, 4) is 0 Å². The molecular weight excluding hydrogens is 310 g/mol. The molecule has 108 valence electrons. The van der Waals surface area contributed by atoms with Gasteiger partial charge in [0.05, 0.1) is 10.4 Å². The van der Waals surface area contributed by atoms with Crippen molar-refractivity contribution in [3.05, 3.63) is 43.7 Å². The van der Waals surface area contributed by atoms with Crippen LogP contribution in [0.2, 0.25) is 4.34 Å². The van der Waals surface area contributed by atoms with Crippen molar-refractivity contribution in [3.63, 3.8) is 0 Å². The fraction of sp³-hybridized carbons (Fsp3) is 0.467. The molecular formula is C15H18ClNOS2. The molecule has 3 heterocycles. The maximum Gasteiger partial charge on any atom is 0.0931 e. The van der Waals surface area contributed by atoms with Gasteiger partial charge in [0.1, 0.15) is 0 Å². The average molecular weight is 328 g/mol. The third-order valence-corrected chi connectivity index (χ3v) is 5.53. The molecule has 2 nitrogen and oxygen atoms in total. The lowest BCUT2D eigenvalue weighted by Gasteiger charge is -2.24. The van der Waals surface area contributed by atoms with Gasteiger partial charge in [-0.25, -0.2) is 0 Å². The Kier molecular flexibility index (Phi) is 5.13. The number of hydrogen-bond donors (Lipinski definition) is 0. The fourth-order valence-corrected chi connectivity index (χ4v) is 4.42. The van der Waals surface area contributed by atoms with E-state index < -0.39 is 0 Å². The molecule has 2 aromatic rings. The first kappa shape index (κ1) is 14.5. The van der Waals surface area contributed by atoms with Crippen molar-refractivity contribution in [2.75, 3.05) is 13.2 Å². The Morgan fingerprint density at radius 2 is 2.15 bits per heavy atom. The normalized spacial score (nSPS) is 19.0. The summed E-state index contributed by atoms with van der Waals surface area (Å²) in [6, 6.07) is 8.43. The van der Waals surface area contributed by atoms with Crippen molar-refractivity contribution >= 4 is 34.3 Å². The summed E-state index contributed by atoms with van der Waals surface area (Å²) in [7, 11) is 0. The predicted octanol–water partition coefficient (Wildman–Crippen LogP) is 4.64. The van der Waals surface area contributed by atoms with E-state index in [9.17, 15) is 0 Å². The van der Waals surface area contributed by atoms with E-state index in [2.05, 4.69) is 28.5 Å². The van der Waals surface area contributed by atoms with Crippen LogP contribution < -0.4 is 0 Å². The smallest absolute Gasteiger partial charge is 0.0931 e. The highest BCUT2D eigenvalue weighted by Crippen LogP contribution is 2.25. The number of thiophene rings is 2. The van der Waals surface area contributed by atoms with Crippen LogP contribution in [0.25, 0.3) is 0 Å². The summed E-state index contributed by atoms with van der Waals surface area (Å²) in [6.45, 7) is 3.87. The number of ether oxygens (including phenoxy) is 1. The van der Waals surface area contributed by atoms with E-state index in [-0.39, 0.29) is 0 Å². The van der Waals surface area contributed by atoms with Gasteiger partial charge in [-0.15, -0.1) is 22.7 Å². The third kappa shape index (κ3) is 4.06. The zero-order chi connectivity index (χ0) is 13.8. The van der Waals surface area contributed by atoms with Crippen LogP contribution in [0.15, 0.2) is 29.6 Å². The first-order valence-electron chi connectivity index (χ1n) is 6.90. The monoisotopic (exact) mass is 327 g/mol. The second-order valence-corrected chi connectivity index (χ2v) is 7.92. The molecule has 20 heavy (non-hydrogen) atoms. The Morgan fingerprint density at radius 3 is 2.80 bits per heavy atom. The molecule has 0 saturated carbocycles. The minimum Gasteiger partial charge on any atom is -0.377 e. The second-order valence-electron chi connectivity index (χ2n) is 5.09. The van der Waals surface area contributed by atoms with E-state index in [1.807, 2.05) is 17.4 Å². The summed E-state index contributed by atoms with van der Waals surface area (Å²) < 4.78 is 6.65. The fourth-order valence-electron chi connectivity index (χ4n) is 2.54. The number of halogens is 1. The lowest BCUT2D eigenvalue weighted by atomic mass is 10.2. The molecule has 0 aromatic carbocycles. The molecule has 2 aromatic heterocycles. The minimum atomic E-state index is 0.394. The summed E-state index contributed by atoms with van der Waals surface area (Å²) >= 11 is 9.53. The molecule has 5 heteroatoms. The first-order chi connectivity index (χ1) is 9.79. The lowest BCUT2D eigenvalue weighted by molar-refractivity contribution is 0.0686. The summed E-state index contributed by atoms with van der Waals surface area (Å²) in [4.78, 5) is 5.21. The van der Waals surface area contributed by atoms with E-state index >= 15 is 0 Å². The Balaban J connectivity index is 1.65. The van der Waals surface area contributed by atoms with Crippen LogP contribution in [0.4, 0.5) is 0 Å². The van der Waals surface area contributed by atoms with Crippen molar-refractivity contribution in [1.82, 2.24) is 4.90 Å². The molecule has 1 saturated heterocycles. The Morgan fingerprint density at radius 1 is 1.25 bits per heavy atom. The van der Waals surface area contributed by atoms with Gasteiger partial charge in [-0.3, -0.25) is 4.90 Å². The second kappa shape index (κ2) is 7.05. The molecule has 1 aliphatic rings. The van der Waals surface area contributed by atoms with Gasteiger partial charge in [-0.1, -0.05) is 17.7 Å². The van der Waals surface area contributed by atoms with Crippen molar-refractivity contribution in [2.24, 2.45) is 0 Å². The van der Waals surface area contributed by atoms with Gasteiger partial charge >= 0.3 is 0 Å². The van der Waals surface area contributed by atoms with Crippen LogP contribution in [0.1, 0.15) is 22.6 Å². The Bertz CT molecular complexity index is 520. The first-order valence-corrected chi connectivity index (χ1v) is 8.97. The largest absolute Gasteiger partial charge is 0.377 e. The standard InChI is InChI=1S/C15H18ClNOS2/c16-15-6-5-14(20-15)11-17(9-12-3-1-7-18-12)10-13-4-2-8-19-13/h2,4-6,8,12H,1,3,7,9-11H2. The van der Waals surface area contributed by atoms with Crippen LogP contribution in [0.3, 0.4) is 0 Å². The van der Waals surface area contributed by atoms with E-state index in [4.69, 9.17) is 16.3 Å². The van der Waals surface area contributed by atoms with E-state index in [0.29, 0.717) is 6.10 Å². The molecule has 1 unspecified atom stereocenters. The molecule has 0 spiro atoms. The van der Waals surface area contributed by atoms with Crippen molar-refractivity contribution < 1.29 is 4.74 Å². The topological polar surface area (TPSA) is 12.5 Å². The molecule has 0 aliphatic carbocycles. The van der Waals surface area contributed by atoms with Gasteiger partial charge in [0.25, 0.3) is 0 Å².